The van der Waals surface area contributed by atoms with Gasteiger partial charge in [-0.05, 0) is 74.9 Å². The minimum absolute atomic E-state index is 0.157. The third-order valence-electron chi connectivity index (χ3n) is 5.75. The van der Waals surface area contributed by atoms with Gasteiger partial charge in [0, 0.05) is 11.1 Å². The Morgan fingerprint density at radius 2 is 0.938 bits per heavy atom. The summed E-state index contributed by atoms with van der Waals surface area (Å²) in [5.41, 5.74) is 4.20. The molecule has 2 aromatic carbocycles. The van der Waals surface area contributed by atoms with Gasteiger partial charge in [0.2, 0.25) is 0 Å². The molecule has 0 aliphatic rings. The third-order valence-corrected chi connectivity index (χ3v) is 5.75. The zero-order valence-corrected chi connectivity index (χ0v) is 19.2. The van der Waals surface area contributed by atoms with Gasteiger partial charge in [0.1, 0.15) is 11.5 Å². The molecular formula is C26H36N2O4. The molecule has 0 radical (unpaired) electrons. The zero-order valence-electron chi connectivity index (χ0n) is 19.2. The van der Waals surface area contributed by atoms with Crippen molar-refractivity contribution in [2.45, 2.75) is 78.1 Å². The van der Waals surface area contributed by atoms with Crippen LogP contribution < -0.4 is 0 Å². The van der Waals surface area contributed by atoms with Crippen molar-refractivity contribution in [2.24, 2.45) is 10.3 Å². The van der Waals surface area contributed by atoms with Gasteiger partial charge in [0.05, 0.1) is 11.4 Å². The molecular weight excluding hydrogens is 404 g/mol. The quantitative estimate of drug-likeness (QED) is 0.121. The van der Waals surface area contributed by atoms with Crippen LogP contribution in [0.5, 0.6) is 11.5 Å². The molecule has 0 atom stereocenters. The van der Waals surface area contributed by atoms with Gasteiger partial charge in [-0.3, -0.25) is 0 Å². The summed E-state index contributed by atoms with van der Waals surface area (Å²) in [6, 6.07) is 10.8. The Morgan fingerprint density at radius 1 is 0.594 bits per heavy atom. The molecule has 0 unspecified atom stereocenters. The Morgan fingerprint density at radius 3 is 1.25 bits per heavy atom. The van der Waals surface area contributed by atoms with Crippen molar-refractivity contribution in [1.82, 2.24) is 0 Å². The van der Waals surface area contributed by atoms with Crippen LogP contribution >= 0.6 is 0 Å². The lowest BCUT2D eigenvalue weighted by Gasteiger charge is -2.08. The molecule has 0 amide bonds. The molecule has 0 saturated carbocycles. The highest BCUT2D eigenvalue weighted by atomic mass is 16.4. The van der Waals surface area contributed by atoms with Crippen molar-refractivity contribution in [1.29, 1.82) is 0 Å². The van der Waals surface area contributed by atoms with E-state index in [1.54, 1.807) is 24.3 Å². The summed E-state index contributed by atoms with van der Waals surface area (Å²) in [6.45, 7) is 3.82. The van der Waals surface area contributed by atoms with Crippen molar-refractivity contribution < 1.29 is 20.6 Å². The molecule has 174 valence electrons. The molecule has 6 heteroatoms. The number of rotatable bonds is 13. The molecule has 0 saturated heterocycles. The van der Waals surface area contributed by atoms with E-state index in [0.717, 1.165) is 62.5 Å². The van der Waals surface area contributed by atoms with Gasteiger partial charge >= 0.3 is 0 Å². The molecule has 0 heterocycles. The lowest BCUT2D eigenvalue weighted by Crippen LogP contribution is -2.02. The number of nitrogens with zero attached hydrogens (tertiary/aromatic N) is 2. The number of hydrogen-bond donors (Lipinski definition) is 4. The van der Waals surface area contributed by atoms with Crippen molar-refractivity contribution in [3.8, 4) is 11.5 Å². The van der Waals surface area contributed by atoms with Crippen molar-refractivity contribution in [3.63, 3.8) is 0 Å². The van der Waals surface area contributed by atoms with E-state index in [2.05, 4.69) is 10.3 Å². The summed E-state index contributed by atoms with van der Waals surface area (Å²) in [6.07, 6.45) is 9.79. The van der Waals surface area contributed by atoms with Crippen LogP contribution in [0.4, 0.5) is 0 Å². The first-order valence-corrected chi connectivity index (χ1v) is 11.5. The molecule has 0 spiro atoms. The van der Waals surface area contributed by atoms with Crippen molar-refractivity contribution in [2.75, 3.05) is 0 Å². The van der Waals surface area contributed by atoms with Gasteiger partial charge in [-0.2, -0.15) is 0 Å². The standard InChI is InChI=1S/C26H36N2O4/c1-19-13-15-21(25(29)17-19)23(27-31)11-9-7-5-3-4-6-8-10-12-24(28-32)22-16-14-20(2)18-26(22)30/h13-18,29-32H,3-12H2,1-2H3. The smallest absolute Gasteiger partial charge is 0.125 e. The highest BCUT2D eigenvalue weighted by Crippen LogP contribution is 2.23. The minimum atomic E-state index is 0.157. The van der Waals surface area contributed by atoms with Gasteiger partial charge in [-0.1, -0.05) is 61.0 Å². The molecule has 0 bridgehead atoms. The van der Waals surface area contributed by atoms with Crippen LogP contribution in [-0.2, 0) is 0 Å². The fourth-order valence-corrected chi connectivity index (χ4v) is 3.89. The normalized spacial score (nSPS) is 12.3. The van der Waals surface area contributed by atoms with Gasteiger partial charge in [0.25, 0.3) is 0 Å². The second kappa shape index (κ2) is 13.4. The van der Waals surface area contributed by atoms with Crippen LogP contribution in [0.2, 0.25) is 0 Å². The Labute approximate surface area is 190 Å². The van der Waals surface area contributed by atoms with E-state index >= 15 is 0 Å². The number of oxime groups is 2. The summed E-state index contributed by atoms with van der Waals surface area (Å²) < 4.78 is 0. The van der Waals surface area contributed by atoms with Gasteiger partial charge in [-0.25, -0.2) is 0 Å². The lowest BCUT2D eigenvalue weighted by atomic mass is 9.99. The first-order chi connectivity index (χ1) is 15.5. The van der Waals surface area contributed by atoms with Gasteiger partial charge in [-0.15, -0.1) is 0 Å². The van der Waals surface area contributed by atoms with Crippen LogP contribution in [0, 0.1) is 13.8 Å². The summed E-state index contributed by atoms with van der Waals surface area (Å²) in [7, 11) is 0. The van der Waals surface area contributed by atoms with E-state index in [1.165, 1.54) is 0 Å². The number of benzene rings is 2. The van der Waals surface area contributed by atoms with E-state index in [9.17, 15) is 20.6 Å². The topological polar surface area (TPSA) is 106 Å². The molecule has 0 aliphatic carbocycles. The first kappa shape index (κ1) is 25.2. The maximum atomic E-state index is 10.1. The Balaban J connectivity index is 1.57. The largest absolute Gasteiger partial charge is 0.507 e. The number of phenols is 2. The number of hydrogen-bond acceptors (Lipinski definition) is 6. The second-order valence-corrected chi connectivity index (χ2v) is 8.46. The van der Waals surface area contributed by atoms with Crippen LogP contribution in [0.3, 0.4) is 0 Å². The van der Waals surface area contributed by atoms with Crippen molar-refractivity contribution >= 4 is 11.4 Å². The maximum absolute atomic E-state index is 10.1. The number of aromatic hydroxyl groups is 2. The predicted molar refractivity (Wildman–Crippen MR) is 129 cm³/mol. The van der Waals surface area contributed by atoms with Crippen LogP contribution in [0.1, 0.15) is 86.5 Å². The second-order valence-electron chi connectivity index (χ2n) is 8.46. The summed E-state index contributed by atoms with van der Waals surface area (Å²) in [4.78, 5) is 0. The van der Waals surface area contributed by atoms with E-state index in [1.807, 2.05) is 26.0 Å². The Hall–Kier alpha value is -3.02. The molecule has 32 heavy (non-hydrogen) atoms. The fraction of sp³-hybridized carbons (Fsp3) is 0.462. The number of phenolic OH excluding ortho intramolecular Hbond substituents is 2. The van der Waals surface area contributed by atoms with E-state index in [4.69, 9.17) is 0 Å². The molecule has 6 nitrogen and oxygen atoms in total. The minimum Gasteiger partial charge on any atom is -0.507 e. The Kier molecular flexibility index (Phi) is 10.6. The molecule has 0 aromatic heterocycles. The van der Waals surface area contributed by atoms with Crippen LogP contribution in [0.15, 0.2) is 46.7 Å². The van der Waals surface area contributed by atoms with Crippen LogP contribution in [-0.4, -0.2) is 32.1 Å². The monoisotopic (exact) mass is 440 g/mol. The summed E-state index contributed by atoms with van der Waals surface area (Å²) in [5.74, 6) is 0.314. The summed E-state index contributed by atoms with van der Waals surface area (Å²) in [5, 5.41) is 45.5. The first-order valence-electron chi connectivity index (χ1n) is 11.5. The van der Waals surface area contributed by atoms with Gasteiger partial charge in [0.15, 0.2) is 0 Å². The van der Waals surface area contributed by atoms with Crippen molar-refractivity contribution in [3.05, 3.63) is 58.7 Å². The lowest BCUT2D eigenvalue weighted by molar-refractivity contribution is 0.317. The van der Waals surface area contributed by atoms with E-state index in [0.29, 0.717) is 35.4 Å². The summed E-state index contributed by atoms with van der Waals surface area (Å²) >= 11 is 0. The average Bonchev–Trinajstić information content (AvgIpc) is 2.76. The maximum Gasteiger partial charge on any atom is 0.125 e. The average molecular weight is 441 g/mol. The molecule has 0 aliphatic heterocycles. The zero-order chi connectivity index (χ0) is 23.3. The molecule has 4 N–H and O–H groups in total. The molecule has 2 rings (SSSR count). The SMILES string of the molecule is Cc1ccc(C(CCCCCCCCCCC(=NO)c2ccc(C)cc2O)=NO)c(O)c1. The highest BCUT2D eigenvalue weighted by molar-refractivity contribution is 6.03. The third kappa shape index (κ3) is 7.91. The van der Waals surface area contributed by atoms with E-state index < -0.39 is 0 Å². The fourth-order valence-electron chi connectivity index (χ4n) is 3.89. The number of aryl methyl sites for hydroxylation is 2. The van der Waals surface area contributed by atoms with E-state index in [-0.39, 0.29) is 11.5 Å². The Bertz CT molecular complexity index is 847. The molecule has 0 fully saturated rings. The number of unbranched alkanes of at least 4 members (excludes halogenated alkanes) is 7. The molecule has 2 aromatic rings. The van der Waals surface area contributed by atoms with Gasteiger partial charge < -0.3 is 20.6 Å². The van der Waals surface area contributed by atoms with Crippen LogP contribution in [0.25, 0.3) is 0 Å². The highest BCUT2D eigenvalue weighted by Gasteiger charge is 2.11. The predicted octanol–water partition coefficient (Wildman–Crippen LogP) is 6.67.